The summed E-state index contributed by atoms with van der Waals surface area (Å²) in [4.78, 5) is 11.8. The van der Waals surface area contributed by atoms with Crippen LogP contribution in [0.15, 0.2) is 23.1 Å². The van der Waals surface area contributed by atoms with Crippen molar-refractivity contribution in [3.63, 3.8) is 0 Å². The van der Waals surface area contributed by atoms with E-state index in [1.165, 1.54) is 13.0 Å². The molecule has 0 radical (unpaired) electrons. The van der Waals surface area contributed by atoms with Crippen LogP contribution in [0.25, 0.3) is 0 Å². The SMILES string of the molecule is CC(C#N)C(=O)Nc1ccc2c(c1)S(=O)(=O)CC2. The van der Waals surface area contributed by atoms with Crippen molar-refractivity contribution in [3.8, 4) is 6.07 Å². The Kier molecular flexibility index (Phi) is 3.09. The Labute approximate surface area is 105 Å². The average molecular weight is 264 g/mol. The quantitative estimate of drug-likeness (QED) is 0.867. The second kappa shape index (κ2) is 4.42. The smallest absolute Gasteiger partial charge is 0.241 e. The molecule has 0 bridgehead atoms. The Balaban J connectivity index is 2.29. The molecule has 0 saturated heterocycles. The number of benzene rings is 1. The molecule has 6 heteroatoms. The van der Waals surface area contributed by atoms with Crippen molar-refractivity contribution >= 4 is 21.4 Å². The van der Waals surface area contributed by atoms with E-state index >= 15 is 0 Å². The maximum absolute atomic E-state index is 11.7. The van der Waals surface area contributed by atoms with Crippen LogP contribution in [0.1, 0.15) is 12.5 Å². The van der Waals surface area contributed by atoms with Crippen molar-refractivity contribution < 1.29 is 13.2 Å². The standard InChI is InChI=1S/C12H12N2O3S/c1-8(7-13)12(15)14-10-3-2-9-4-5-18(16,17)11(9)6-10/h2-3,6,8H,4-5H2,1H3,(H,14,15). The summed E-state index contributed by atoms with van der Waals surface area (Å²) in [7, 11) is -3.21. The molecule has 5 nitrogen and oxygen atoms in total. The van der Waals surface area contributed by atoms with E-state index in [4.69, 9.17) is 5.26 Å². The van der Waals surface area contributed by atoms with Crippen LogP contribution in [-0.2, 0) is 21.1 Å². The molecular weight excluding hydrogens is 252 g/mol. The van der Waals surface area contributed by atoms with Crippen LogP contribution in [0, 0.1) is 17.2 Å². The van der Waals surface area contributed by atoms with E-state index < -0.39 is 21.7 Å². The zero-order valence-electron chi connectivity index (χ0n) is 9.80. The van der Waals surface area contributed by atoms with Crippen LogP contribution in [0.2, 0.25) is 0 Å². The van der Waals surface area contributed by atoms with Crippen molar-refractivity contribution in [3.05, 3.63) is 23.8 Å². The zero-order chi connectivity index (χ0) is 13.3. The van der Waals surface area contributed by atoms with E-state index in [2.05, 4.69) is 5.32 Å². The number of rotatable bonds is 2. The van der Waals surface area contributed by atoms with Crippen molar-refractivity contribution in [2.24, 2.45) is 5.92 Å². The van der Waals surface area contributed by atoms with Gasteiger partial charge in [0.05, 0.1) is 16.7 Å². The number of nitriles is 1. The summed E-state index contributed by atoms with van der Waals surface area (Å²) in [6, 6.07) is 6.64. The number of fused-ring (bicyclic) bond motifs is 1. The fraction of sp³-hybridized carbons (Fsp3) is 0.333. The van der Waals surface area contributed by atoms with Gasteiger partial charge < -0.3 is 5.32 Å². The van der Waals surface area contributed by atoms with Gasteiger partial charge in [-0.05, 0) is 31.0 Å². The summed E-state index contributed by atoms with van der Waals surface area (Å²) in [5.41, 5.74) is 1.19. The number of carbonyl (C=O) groups excluding carboxylic acids is 1. The van der Waals surface area contributed by atoms with Crippen LogP contribution in [0.5, 0.6) is 0 Å². The Morgan fingerprint density at radius 3 is 2.89 bits per heavy atom. The van der Waals surface area contributed by atoms with Crippen molar-refractivity contribution in [1.29, 1.82) is 5.26 Å². The van der Waals surface area contributed by atoms with Gasteiger partial charge in [0, 0.05) is 5.69 Å². The molecule has 0 aromatic heterocycles. The van der Waals surface area contributed by atoms with Gasteiger partial charge in [-0.15, -0.1) is 0 Å². The summed E-state index contributed by atoms with van der Waals surface area (Å²) in [5, 5.41) is 11.1. The maximum atomic E-state index is 11.7. The molecule has 1 aliphatic heterocycles. The predicted octanol–water partition coefficient (Wildman–Crippen LogP) is 1.11. The largest absolute Gasteiger partial charge is 0.325 e. The summed E-state index contributed by atoms with van der Waals surface area (Å²) in [5.74, 6) is -1.09. The van der Waals surface area contributed by atoms with E-state index in [-0.39, 0.29) is 10.6 Å². The number of hydrogen-bond donors (Lipinski definition) is 1. The van der Waals surface area contributed by atoms with Crippen LogP contribution < -0.4 is 5.32 Å². The third kappa shape index (κ3) is 2.22. The zero-order valence-corrected chi connectivity index (χ0v) is 10.6. The van der Waals surface area contributed by atoms with Gasteiger partial charge in [0.1, 0.15) is 5.92 Å². The highest BCUT2D eigenvalue weighted by Crippen LogP contribution is 2.28. The van der Waals surface area contributed by atoms with Crippen LogP contribution >= 0.6 is 0 Å². The van der Waals surface area contributed by atoms with Crippen LogP contribution in [0.3, 0.4) is 0 Å². The minimum atomic E-state index is -3.21. The lowest BCUT2D eigenvalue weighted by molar-refractivity contribution is -0.117. The molecule has 1 aromatic carbocycles. The maximum Gasteiger partial charge on any atom is 0.241 e. The van der Waals surface area contributed by atoms with Crippen molar-refractivity contribution in [1.82, 2.24) is 0 Å². The van der Waals surface area contributed by atoms with Crippen LogP contribution in [-0.4, -0.2) is 20.1 Å². The van der Waals surface area contributed by atoms with Gasteiger partial charge in [-0.2, -0.15) is 5.26 Å². The first-order valence-corrected chi connectivity index (χ1v) is 7.15. The van der Waals surface area contributed by atoms with Crippen molar-refractivity contribution in [2.45, 2.75) is 18.2 Å². The molecule has 2 rings (SSSR count). The number of amides is 1. The minimum Gasteiger partial charge on any atom is -0.325 e. The first kappa shape index (κ1) is 12.6. The molecule has 1 heterocycles. The number of carbonyl (C=O) groups is 1. The van der Waals surface area contributed by atoms with Gasteiger partial charge in [0.25, 0.3) is 0 Å². The predicted molar refractivity (Wildman–Crippen MR) is 65.6 cm³/mol. The number of sulfone groups is 1. The molecular formula is C12H12N2O3S. The van der Waals surface area contributed by atoms with E-state index in [0.29, 0.717) is 12.1 Å². The summed E-state index contributed by atoms with van der Waals surface area (Å²) in [6.45, 7) is 1.49. The second-order valence-electron chi connectivity index (χ2n) is 4.23. The van der Waals surface area contributed by atoms with Gasteiger partial charge in [-0.25, -0.2) is 8.42 Å². The van der Waals surface area contributed by atoms with Gasteiger partial charge in [0.15, 0.2) is 9.84 Å². The number of hydrogen-bond acceptors (Lipinski definition) is 4. The summed E-state index contributed by atoms with van der Waals surface area (Å²) >= 11 is 0. The number of aryl methyl sites for hydroxylation is 1. The molecule has 0 fully saturated rings. The van der Waals surface area contributed by atoms with Crippen LogP contribution in [0.4, 0.5) is 5.69 Å². The van der Waals surface area contributed by atoms with E-state index in [1.807, 2.05) is 6.07 Å². The fourth-order valence-electron chi connectivity index (χ4n) is 1.79. The minimum absolute atomic E-state index is 0.119. The molecule has 1 aromatic rings. The van der Waals surface area contributed by atoms with Gasteiger partial charge in [0.2, 0.25) is 5.91 Å². The van der Waals surface area contributed by atoms with E-state index in [0.717, 1.165) is 5.56 Å². The first-order valence-electron chi connectivity index (χ1n) is 5.50. The Morgan fingerprint density at radius 1 is 1.50 bits per heavy atom. The van der Waals surface area contributed by atoms with Crippen molar-refractivity contribution in [2.75, 3.05) is 11.1 Å². The molecule has 0 spiro atoms. The highest BCUT2D eigenvalue weighted by Gasteiger charge is 2.26. The fourth-order valence-corrected chi connectivity index (χ4v) is 3.38. The van der Waals surface area contributed by atoms with Gasteiger partial charge >= 0.3 is 0 Å². The second-order valence-corrected chi connectivity index (χ2v) is 6.31. The third-order valence-electron chi connectivity index (χ3n) is 2.90. The molecule has 1 unspecified atom stereocenters. The Hall–Kier alpha value is -1.87. The normalized spacial score (nSPS) is 17.6. The third-order valence-corrected chi connectivity index (χ3v) is 4.69. The number of nitrogens with one attached hydrogen (secondary N) is 1. The lowest BCUT2D eigenvalue weighted by atomic mass is 10.1. The lowest BCUT2D eigenvalue weighted by Crippen LogP contribution is -2.19. The molecule has 94 valence electrons. The molecule has 1 atom stereocenters. The molecule has 0 aliphatic carbocycles. The molecule has 1 N–H and O–H groups in total. The Morgan fingerprint density at radius 2 is 2.22 bits per heavy atom. The highest BCUT2D eigenvalue weighted by atomic mass is 32.2. The highest BCUT2D eigenvalue weighted by molar-refractivity contribution is 7.91. The monoisotopic (exact) mass is 264 g/mol. The topological polar surface area (TPSA) is 87.0 Å². The lowest BCUT2D eigenvalue weighted by Gasteiger charge is -2.07. The summed E-state index contributed by atoms with van der Waals surface area (Å²) in [6.07, 6.45) is 0.514. The molecule has 1 aliphatic rings. The number of anilines is 1. The molecule has 1 amide bonds. The molecule has 0 saturated carbocycles. The van der Waals surface area contributed by atoms with E-state index in [9.17, 15) is 13.2 Å². The Bertz CT molecular complexity index is 644. The first-order chi connectivity index (χ1) is 8.44. The van der Waals surface area contributed by atoms with E-state index in [1.54, 1.807) is 12.1 Å². The van der Waals surface area contributed by atoms with Gasteiger partial charge in [-0.3, -0.25) is 4.79 Å². The van der Waals surface area contributed by atoms with Gasteiger partial charge in [-0.1, -0.05) is 6.07 Å². The number of nitrogens with zero attached hydrogens (tertiary/aromatic N) is 1. The average Bonchev–Trinajstić information content (AvgIpc) is 2.64. The molecule has 18 heavy (non-hydrogen) atoms. The summed E-state index contributed by atoms with van der Waals surface area (Å²) < 4.78 is 23.4.